The van der Waals surface area contributed by atoms with Gasteiger partial charge in [-0.2, -0.15) is 0 Å². The Labute approximate surface area is 82.9 Å². The van der Waals surface area contributed by atoms with Crippen LogP contribution in [0.2, 0.25) is 0 Å². The van der Waals surface area contributed by atoms with Crippen molar-refractivity contribution in [2.45, 2.75) is 13.8 Å². The van der Waals surface area contributed by atoms with E-state index in [9.17, 15) is 4.79 Å². The number of pyridine rings is 1. The number of hydrogen-bond donors (Lipinski definition) is 0. The summed E-state index contributed by atoms with van der Waals surface area (Å²) in [6.45, 7) is 4.40. The number of ketones is 1. The minimum Gasteiger partial charge on any atom is -0.292 e. The van der Waals surface area contributed by atoms with Crippen LogP contribution in [0.15, 0.2) is 23.3 Å². The van der Waals surface area contributed by atoms with Crippen LogP contribution in [-0.4, -0.2) is 23.0 Å². The second kappa shape index (κ2) is 3.33. The molecule has 0 aliphatic carbocycles. The molecule has 2 heterocycles. The van der Waals surface area contributed by atoms with Gasteiger partial charge < -0.3 is 0 Å². The molecule has 0 radical (unpaired) electrons. The Morgan fingerprint density at radius 1 is 1.43 bits per heavy atom. The minimum absolute atomic E-state index is 0.0671. The van der Waals surface area contributed by atoms with Gasteiger partial charge in [0.15, 0.2) is 5.78 Å². The summed E-state index contributed by atoms with van der Waals surface area (Å²) in [5, 5.41) is 0. The molecule has 72 valence electrons. The molecule has 2 rings (SSSR count). The van der Waals surface area contributed by atoms with Gasteiger partial charge in [-0.3, -0.25) is 14.8 Å². The third kappa shape index (κ3) is 1.35. The van der Waals surface area contributed by atoms with Gasteiger partial charge in [0.1, 0.15) is 6.54 Å². The number of rotatable bonds is 1. The average Bonchev–Trinajstić information content (AvgIpc) is 2.18. The van der Waals surface area contributed by atoms with Crippen molar-refractivity contribution in [3.8, 4) is 0 Å². The molecule has 0 unspecified atom stereocenters. The number of Topliss-reactive ketones (excluding diaryl/α,β-unsaturated/α-hetero) is 1. The molecule has 0 saturated heterocycles. The summed E-state index contributed by atoms with van der Waals surface area (Å²) in [5.74, 6) is 0.384. The molecule has 0 saturated carbocycles. The number of carbonyl (C=O) groups is 1. The monoisotopic (exact) mass is 188 g/mol. The largest absolute Gasteiger partial charge is 0.292 e. The predicted octanol–water partition coefficient (Wildman–Crippen LogP) is 1.72. The third-order valence-corrected chi connectivity index (χ3v) is 2.29. The van der Waals surface area contributed by atoms with Crippen molar-refractivity contribution in [1.82, 2.24) is 4.98 Å². The van der Waals surface area contributed by atoms with Gasteiger partial charge in [-0.05, 0) is 18.1 Å². The van der Waals surface area contributed by atoms with Crippen LogP contribution < -0.4 is 0 Å². The Kier molecular flexibility index (Phi) is 2.15. The van der Waals surface area contributed by atoms with E-state index < -0.39 is 0 Å². The first-order valence-corrected chi connectivity index (χ1v) is 4.73. The fourth-order valence-corrected chi connectivity index (χ4v) is 1.61. The van der Waals surface area contributed by atoms with Crippen molar-refractivity contribution < 1.29 is 4.79 Å². The van der Waals surface area contributed by atoms with E-state index >= 15 is 0 Å². The van der Waals surface area contributed by atoms with Crippen LogP contribution >= 0.6 is 0 Å². The van der Waals surface area contributed by atoms with Crippen LogP contribution in [0.4, 0.5) is 0 Å². The normalized spacial score (nSPS) is 15.4. The fraction of sp³-hybridized carbons (Fsp3) is 0.364. The van der Waals surface area contributed by atoms with E-state index in [2.05, 4.69) is 23.8 Å². The highest BCUT2D eigenvalue weighted by Gasteiger charge is 2.22. The van der Waals surface area contributed by atoms with Gasteiger partial charge >= 0.3 is 0 Å². The zero-order valence-corrected chi connectivity index (χ0v) is 8.32. The second-order valence-electron chi connectivity index (χ2n) is 3.68. The summed E-state index contributed by atoms with van der Waals surface area (Å²) >= 11 is 0. The summed E-state index contributed by atoms with van der Waals surface area (Å²) in [6, 6.07) is 3.61. The number of carbonyl (C=O) groups excluding carboxylic acids is 1. The van der Waals surface area contributed by atoms with E-state index in [4.69, 9.17) is 0 Å². The van der Waals surface area contributed by atoms with Gasteiger partial charge in [-0.25, -0.2) is 0 Å². The summed E-state index contributed by atoms with van der Waals surface area (Å²) in [4.78, 5) is 20.0. The lowest BCUT2D eigenvalue weighted by atomic mass is 9.96. The van der Waals surface area contributed by atoms with Crippen molar-refractivity contribution in [1.29, 1.82) is 0 Å². The lowest BCUT2D eigenvalue weighted by Crippen LogP contribution is -2.23. The molecule has 1 aromatic rings. The molecular formula is C11H12N2O. The number of aliphatic imine (C=N–C) groups is 1. The smallest absolute Gasteiger partial charge is 0.186 e. The Hall–Kier alpha value is -1.51. The van der Waals surface area contributed by atoms with Crippen molar-refractivity contribution in [2.75, 3.05) is 6.54 Å². The maximum Gasteiger partial charge on any atom is 0.186 e. The highest BCUT2D eigenvalue weighted by atomic mass is 16.1. The number of fused-ring (bicyclic) bond motifs is 1. The molecule has 0 fully saturated rings. The standard InChI is InChI=1S/C11H12N2O/c1-7(2)10-11-8(4-3-5-12-11)9(14)6-13-10/h3-5,7H,6H2,1-2H3. The lowest BCUT2D eigenvalue weighted by Gasteiger charge is -2.16. The van der Waals surface area contributed by atoms with Crippen LogP contribution in [-0.2, 0) is 0 Å². The molecular weight excluding hydrogens is 176 g/mol. The highest BCUT2D eigenvalue weighted by molar-refractivity contribution is 6.14. The summed E-state index contributed by atoms with van der Waals surface area (Å²) in [7, 11) is 0. The van der Waals surface area contributed by atoms with E-state index in [-0.39, 0.29) is 12.3 Å². The molecule has 0 bridgehead atoms. The van der Waals surface area contributed by atoms with Crippen LogP contribution in [0.3, 0.4) is 0 Å². The first-order valence-electron chi connectivity index (χ1n) is 4.73. The summed E-state index contributed by atoms with van der Waals surface area (Å²) < 4.78 is 0. The molecule has 0 aromatic carbocycles. The van der Waals surface area contributed by atoms with E-state index in [0.717, 1.165) is 11.4 Å². The Morgan fingerprint density at radius 3 is 2.93 bits per heavy atom. The van der Waals surface area contributed by atoms with Crippen LogP contribution in [0, 0.1) is 5.92 Å². The lowest BCUT2D eigenvalue weighted by molar-refractivity contribution is 0.0999. The predicted molar refractivity (Wildman–Crippen MR) is 54.8 cm³/mol. The van der Waals surface area contributed by atoms with Gasteiger partial charge in [0.2, 0.25) is 0 Å². The van der Waals surface area contributed by atoms with Gasteiger partial charge in [-0.1, -0.05) is 13.8 Å². The topological polar surface area (TPSA) is 42.3 Å². The molecule has 0 N–H and O–H groups in total. The molecule has 1 aliphatic rings. The Bertz CT molecular complexity index is 408. The van der Waals surface area contributed by atoms with E-state index in [1.165, 1.54) is 0 Å². The van der Waals surface area contributed by atoms with Gasteiger partial charge in [-0.15, -0.1) is 0 Å². The first kappa shape index (κ1) is 9.06. The second-order valence-corrected chi connectivity index (χ2v) is 3.68. The molecule has 3 nitrogen and oxygen atoms in total. The van der Waals surface area contributed by atoms with Crippen LogP contribution in [0.1, 0.15) is 29.9 Å². The van der Waals surface area contributed by atoms with Gasteiger partial charge in [0.05, 0.1) is 11.4 Å². The molecule has 14 heavy (non-hydrogen) atoms. The molecule has 0 amide bonds. The van der Waals surface area contributed by atoms with Crippen molar-refractivity contribution in [3.63, 3.8) is 0 Å². The zero-order valence-electron chi connectivity index (χ0n) is 8.32. The van der Waals surface area contributed by atoms with Gasteiger partial charge in [0, 0.05) is 11.8 Å². The van der Waals surface area contributed by atoms with E-state index in [1.807, 2.05) is 6.07 Å². The van der Waals surface area contributed by atoms with Crippen LogP contribution in [0.25, 0.3) is 0 Å². The van der Waals surface area contributed by atoms with Crippen molar-refractivity contribution in [3.05, 3.63) is 29.6 Å². The molecule has 1 aliphatic heterocycles. The first-order chi connectivity index (χ1) is 6.70. The SMILES string of the molecule is CC(C)C1=NCC(=O)c2cccnc21. The number of aromatic nitrogens is 1. The molecule has 0 spiro atoms. The molecule has 3 heteroatoms. The number of nitrogens with zero attached hydrogens (tertiary/aromatic N) is 2. The maximum absolute atomic E-state index is 11.5. The minimum atomic E-state index is 0.0671. The zero-order chi connectivity index (χ0) is 10.1. The quantitative estimate of drug-likeness (QED) is 0.673. The van der Waals surface area contributed by atoms with Gasteiger partial charge in [0.25, 0.3) is 0 Å². The summed E-state index contributed by atoms with van der Waals surface area (Å²) in [6.07, 6.45) is 1.70. The third-order valence-electron chi connectivity index (χ3n) is 2.29. The van der Waals surface area contributed by atoms with E-state index in [0.29, 0.717) is 11.5 Å². The number of hydrogen-bond acceptors (Lipinski definition) is 3. The van der Waals surface area contributed by atoms with E-state index in [1.54, 1.807) is 12.3 Å². The summed E-state index contributed by atoms with van der Waals surface area (Å²) in [5.41, 5.74) is 2.42. The highest BCUT2D eigenvalue weighted by Crippen LogP contribution is 2.17. The van der Waals surface area contributed by atoms with Crippen LogP contribution in [0.5, 0.6) is 0 Å². The van der Waals surface area contributed by atoms with Crippen molar-refractivity contribution in [2.24, 2.45) is 10.9 Å². The average molecular weight is 188 g/mol. The Morgan fingerprint density at radius 2 is 2.21 bits per heavy atom. The Balaban J connectivity index is 2.57. The molecule has 1 aromatic heterocycles. The van der Waals surface area contributed by atoms with Crippen molar-refractivity contribution >= 4 is 11.5 Å². The maximum atomic E-state index is 11.5. The fourth-order valence-electron chi connectivity index (χ4n) is 1.61. The molecule has 0 atom stereocenters.